The molecule has 2 atom stereocenters. The predicted molar refractivity (Wildman–Crippen MR) is 126 cm³/mol. The van der Waals surface area contributed by atoms with Gasteiger partial charge in [-0.25, -0.2) is 4.79 Å². The fourth-order valence-corrected chi connectivity index (χ4v) is 4.41. The van der Waals surface area contributed by atoms with E-state index in [9.17, 15) is 4.79 Å². The van der Waals surface area contributed by atoms with Gasteiger partial charge in [0.1, 0.15) is 25.6 Å². The van der Waals surface area contributed by atoms with Crippen LogP contribution in [0.2, 0.25) is 0 Å². The highest BCUT2D eigenvalue weighted by Gasteiger charge is 2.23. The lowest BCUT2D eigenvalue weighted by Gasteiger charge is -2.27. The molecule has 0 saturated carbocycles. The molecule has 0 radical (unpaired) electrons. The molecule has 0 aliphatic carbocycles. The van der Waals surface area contributed by atoms with Crippen molar-refractivity contribution in [3.63, 3.8) is 0 Å². The van der Waals surface area contributed by atoms with Crippen molar-refractivity contribution < 1.29 is 23.7 Å². The molecule has 1 saturated heterocycles. The van der Waals surface area contributed by atoms with E-state index in [4.69, 9.17) is 23.7 Å². The Labute approximate surface area is 198 Å². The van der Waals surface area contributed by atoms with E-state index in [2.05, 4.69) is 18.1 Å². The zero-order valence-corrected chi connectivity index (χ0v) is 19.0. The van der Waals surface area contributed by atoms with Gasteiger partial charge in [-0.05, 0) is 55.2 Å². The van der Waals surface area contributed by atoms with E-state index in [1.54, 1.807) is 16.7 Å². The van der Waals surface area contributed by atoms with E-state index in [0.29, 0.717) is 50.2 Å². The molecule has 178 valence electrons. The van der Waals surface area contributed by atoms with Gasteiger partial charge in [-0.2, -0.15) is 4.98 Å². The summed E-state index contributed by atoms with van der Waals surface area (Å²) in [5.41, 5.74) is 2.58. The van der Waals surface area contributed by atoms with Crippen molar-refractivity contribution in [3.05, 3.63) is 77.1 Å². The van der Waals surface area contributed by atoms with E-state index < -0.39 is 0 Å². The van der Waals surface area contributed by atoms with Crippen LogP contribution in [0, 0.1) is 0 Å². The topological polar surface area (TPSA) is 81.0 Å². The lowest BCUT2D eigenvalue weighted by atomic mass is 9.97. The molecule has 0 bridgehead atoms. The fraction of sp³-hybridized carbons (Fsp3) is 0.385. The lowest BCUT2D eigenvalue weighted by Crippen LogP contribution is -2.30. The second kappa shape index (κ2) is 9.77. The highest BCUT2D eigenvalue weighted by atomic mass is 16.6. The molecule has 34 heavy (non-hydrogen) atoms. The zero-order chi connectivity index (χ0) is 23.5. The van der Waals surface area contributed by atoms with E-state index >= 15 is 0 Å². The Kier molecular flexibility index (Phi) is 6.40. The highest BCUT2D eigenvalue weighted by Crippen LogP contribution is 2.32. The van der Waals surface area contributed by atoms with Crippen LogP contribution in [0.1, 0.15) is 18.4 Å². The lowest BCUT2D eigenvalue weighted by molar-refractivity contribution is -0.0157. The van der Waals surface area contributed by atoms with Gasteiger partial charge in [0.15, 0.2) is 17.6 Å². The standard InChI is InChI=1S/C26H28N2O6/c1-3-23-24(4-2)34-20(16-32-23)15-31-18-7-8-21-17(12-18)9-10-28-22(21)13-25(27-26(28)29)33-14-19-6-5-11-30-19/h3-4,7-8,12-13,19-20H,1-2,5-6,9-11,14-16H2. The van der Waals surface area contributed by atoms with Gasteiger partial charge in [-0.3, -0.25) is 4.57 Å². The average Bonchev–Trinajstić information content (AvgIpc) is 3.39. The van der Waals surface area contributed by atoms with Gasteiger partial charge in [0.25, 0.3) is 0 Å². The second-order valence-electron chi connectivity index (χ2n) is 8.43. The third-order valence-electron chi connectivity index (χ3n) is 6.15. The summed E-state index contributed by atoms with van der Waals surface area (Å²) in [4.78, 5) is 16.7. The van der Waals surface area contributed by atoms with Crippen molar-refractivity contribution in [2.24, 2.45) is 0 Å². The van der Waals surface area contributed by atoms with Crippen molar-refractivity contribution in [2.45, 2.75) is 38.0 Å². The van der Waals surface area contributed by atoms with Gasteiger partial charge in [-0.15, -0.1) is 0 Å². The number of allylic oxidation sites excluding steroid dienone is 2. The molecule has 2 aromatic rings. The first-order valence-corrected chi connectivity index (χ1v) is 11.6. The monoisotopic (exact) mass is 464 g/mol. The molecule has 1 fully saturated rings. The van der Waals surface area contributed by atoms with Gasteiger partial charge in [-0.1, -0.05) is 13.2 Å². The number of aryl methyl sites for hydroxylation is 1. The van der Waals surface area contributed by atoms with Crippen LogP contribution in [0.25, 0.3) is 11.3 Å². The Balaban J connectivity index is 1.29. The van der Waals surface area contributed by atoms with Crippen LogP contribution >= 0.6 is 0 Å². The number of ether oxygens (including phenoxy) is 5. The maximum Gasteiger partial charge on any atom is 0.351 e. The average molecular weight is 465 g/mol. The Hall–Kier alpha value is -3.52. The van der Waals surface area contributed by atoms with Crippen LogP contribution in [-0.2, 0) is 27.2 Å². The van der Waals surface area contributed by atoms with E-state index in [1.807, 2.05) is 24.3 Å². The molecule has 4 heterocycles. The summed E-state index contributed by atoms with van der Waals surface area (Å²) in [5, 5.41) is 0. The third kappa shape index (κ3) is 4.59. The molecule has 0 N–H and O–H groups in total. The van der Waals surface area contributed by atoms with Crippen LogP contribution in [0.4, 0.5) is 0 Å². The third-order valence-corrected chi connectivity index (χ3v) is 6.15. The summed E-state index contributed by atoms with van der Waals surface area (Å²) >= 11 is 0. The Morgan fingerprint density at radius 2 is 1.97 bits per heavy atom. The normalized spacial score (nSPS) is 21.1. The van der Waals surface area contributed by atoms with E-state index in [0.717, 1.165) is 42.0 Å². The number of fused-ring (bicyclic) bond motifs is 3. The van der Waals surface area contributed by atoms with Gasteiger partial charge in [0.05, 0.1) is 11.8 Å². The summed E-state index contributed by atoms with van der Waals surface area (Å²) in [7, 11) is 0. The maximum absolute atomic E-state index is 12.6. The highest BCUT2D eigenvalue weighted by molar-refractivity contribution is 5.67. The first kappa shape index (κ1) is 22.3. The smallest absolute Gasteiger partial charge is 0.351 e. The van der Waals surface area contributed by atoms with E-state index in [-0.39, 0.29) is 17.9 Å². The Bertz CT molecular complexity index is 1180. The molecule has 8 heteroatoms. The predicted octanol–water partition coefficient (Wildman–Crippen LogP) is 3.40. The van der Waals surface area contributed by atoms with Gasteiger partial charge in [0.2, 0.25) is 5.88 Å². The minimum atomic E-state index is -0.301. The number of hydrogen-bond donors (Lipinski definition) is 0. The molecule has 5 rings (SSSR count). The largest absolute Gasteiger partial charge is 0.490 e. The van der Waals surface area contributed by atoms with Crippen LogP contribution in [0.3, 0.4) is 0 Å². The van der Waals surface area contributed by atoms with Crippen LogP contribution in [0.15, 0.2) is 65.9 Å². The van der Waals surface area contributed by atoms with Crippen LogP contribution in [0.5, 0.6) is 11.6 Å². The van der Waals surface area contributed by atoms with Crippen LogP contribution in [-0.4, -0.2) is 48.2 Å². The summed E-state index contributed by atoms with van der Waals surface area (Å²) in [6.45, 7) is 9.90. The molecule has 2 unspecified atom stereocenters. The van der Waals surface area contributed by atoms with Gasteiger partial charge in [0, 0.05) is 24.8 Å². The molecule has 8 nitrogen and oxygen atoms in total. The molecule has 1 aromatic carbocycles. The first-order chi connectivity index (χ1) is 16.6. The number of benzene rings is 1. The number of nitrogens with zero attached hydrogens (tertiary/aromatic N) is 2. The van der Waals surface area contributed by atoms with Crippen molar-refractivity contribution in [1.82, 2.24) is 9.55 Å². The molecule has 3 aliphatic heterocycles. The SMILES string of the molecule is C=CC1=C(C=C)OC(COc2ccc3c(c2)CCn2c-3cc(OCC3CCCO3)nc2=O)CO1. The minimum absolute atomic E-state index is 0.0625. The number of hydrogen-bond acceptors (Lipinski definition) is 7. The van der Waals surface area contributed by atoms with Gasteiger partial charge < -0.3 is 23.7 Å². The summed E-state index contributed by atoms with van der Waals surface area (Å²) in [6.07, 6.45) is 5.74. The molecule has 3 aliphatic rings. The van der Waals surface area contributed by atoms with Crippen molar-refractivity contribution >= 4 is 0 Å². The molecule has 0 amide bonds. The summed E-state index contributed by atoms with van der Waals surface area (Å²) < 4.78 is 30.6. The first-order valence-electron chi connectivity index (χ1n) is 11.6. The summed E-state index contributed by atoms with van der Waals surface area (Å²) in [6, 6.07) is 7.72. The van der Waals surface area contributed by atoms with Crippen molar-refractivity contribution in [2.75, 3.05) is 26.4 Å². The quantitative estimate of drug-likeness (QED) is 0.592. The number of aromatic nitrogens is 2. The van der Waals surface area contributed by atoms with Gasteiger partial charge >= 0.3 is 5.69 Å². The van der Waals surface area contributed by atoms with Crippen LogP contribution < -0.4 is 15.2 Å². The molecule has 0 spiro atoms. The number of rotatable bonds is 8. The van der Waals surface area contributed by atoms with Crippen molar-refractivity contribution in [1.29, 1.82) is 0 Å². The Morgan fingerprint density at radius 3 is 2.76 bits per heavy atom. The zero-order valence-electron chi connectivity index (χ0n) is 19.0. The fourth-order valence-electron chi connectivity index (χ4n) is 4.41. The maximum atomic E-state index is 12.6. The van der Waals surface area contributed by atoms with E-state index in [1.165, 1.54) is 0 Å². The van der Waals surface area contributed by atoms with Crippen molar-refractivity contribution in [3.8, 4) is 22.9 Å². The summed E-state index contributed by atoms with van der Waals surface area (Å²) in [5.74, 6) is 2.22. The molecular weight excluding hydrogens is 436 g/mol. The molecular formula is C26H28N2O6. The Morgan fingerprint density at radius 1 is 1.12 bits per heavy atom. The second-order valence-corrected chi connectivity index (χ2v) is 8.43. The molecule has 1 aromatic heterocycles. The minimum Gasteiger partial charge on any atom is -0.490 e.